The lowest BCUT2D eigenvalue weighted by Gasteiger charge is -2.06. The van der Waals surface area contributed by atoms with E-state index in [2.05, 4.69) is 26.6 Å². The number of nitrogens with one attached hydrogen (secondary N) is 2. The van der Waals surface area contributed by atoms with Crippen molar-refractivity contribution in [2.45, 2.75) is 0 Å². The molecule has 4 nitrogen and oxygen atoms in total. The maximum atomic E-state index is 11.8. The smallest absolute Gasteiger partial charge is 0.261 e. The second-order valence-corrected chi connectivity index (χ2v) is 7.02. The van der Waals surface area contributed by atoms with Crippen LogP contribution in [0, 0.1) is 0 Å². The summed E-state index contributed by atoms with van der Waals surface area (Å²) in [5.41, 5.74) is 0.535. The van der Waals surface area contributed by atoms with Crippen LogP contribution in [0.25, 0.3) is 0 Å². The van der Waals surface area contributed by atoms with Crippen LogP contribution in [0.3, 0.4) is 0 Å². The van der Waals surface area contributed by atoms with E-state index in [1.54, 1.807) is 30.3 Å². The maximum Gasteiger partial charge on any atom is 0.261 e. The van der Waals surface area contributed by atoms with Crippen molar-refractivity contribution in [1.82, 2.24) is 10.6 Å². The third-order valence-electron chi connectivity index (χ3n) is 2.60. The average molecular weight is 388 g/mol. The molecule has 2 aromatic rings. The van der Waals surface area contributed by atoms with Gasteiger partial charge in [0, 0.05) is 23.7 Å². The van der Waals surface area contributed by atoms with E-state index in [-0.39, 0.29) is 11.8 Å². The van der Waals surface area contributed by atoms with E-state index in [0.717, 1.165) is 3.79 Å². The highest BCUT2D eigenvalue weighted by Gasteiger charge is 2.08. The lowest BCUT2D eigenvalue weighted by Crippen LogP contribution is -2.34. The third-order valence-corrected chi connectivity index (χ3v) is 4.47. The first-order valence-electron chi connectivity index (χ1n) is 6.13. The highest BCUT2D eigenvalue weighted by atomic mass is 79.9. The van der Waals surface area contributed by atoms with Gasteiger partial charge in [-0.25, -0.2) is 0 Å². The molecule has 2 N–H and O–H groups in total. The topological polar surface area (TPSA) is 58.2 Å². The van der Waals surface area contributed by atoms with Crippen molar-refractivity contribution < 1.29 is 9.59 Å². The molecule has 0 aliphatic rings. The van der Waals surface area contributed by atoms with Crippen molar-refractivity contribution in [3.05, 3.63) is 55.6 Å². The molecular formula is C14H12BrClN2O2S. The SMILES string of the molecule is O=C(NCCNC(=O)c1ccc(Br)s1)c1ccc(Cl)cc1. The number of carbonyl (C=O) groups is 2. The van der Waals surface area contributed by atoms with E-state index in [1.165, 1.54) is 11.3 Å². The van der Waals surface area contributed by atoms with Gasteiger partial charge in [0.15, 0.2) is 0 Å². The quantitative estimate of drug-likeness (QED) is 0.773. The van der Waals surface area contributed by atoms with Crippen LogP contribution in [0.5, 0.6) is 0 Å². The van der Waals surface area contributed by atoms with Crippen molar-refractivity contribution in [2.75, 3.05) is 13.1 Å². The maximum absolute atomic E-state index is 11.8. The highest BCUT2D eigenvalue weighted by molar-refractivity contribution is 9.11. The first-order valence-corrected chi connectivity index (χ1v) is 8.12. The second-order valence-electron chi connectivity index (χ2n) is 4.12. The lowest BCUT2D eigenvalue weighted by atomic mass is 10.2. The van der Waals surface area contributed by atoms with E-state index in [1.807, 2.05) is 6.07 Å². The molecule has 0 spiro atoms. The molecule has 21 heavy (non-hydrogen) atoms. The van der Waals surface area contributed by atoms with Gasteiger partial charge in [-0.2, -0.15) is 0 Å². The minimum Gasteiger partial charge on any atom is -0.350 e. The molecule has 2 rings (SSSR count). The van der Waals surface area contributed by atoms with Gasteiger partial charge in [-0.1, -0.05) is 11.6 Å². The van der Waals surface area contributed by atoms with E-state index in [0.29, 0.717) is 28.6 Å². The molecule has 0 atom stereocenters. The third kappa shape index (κ3) is 4.84. The minimum atomic E-state index is -0.195. The van der Waals surface area contributed by atoms with Crippen LogP contribution in [0.1, 0.15) is 20.0 Å². The first kappa shape index (κ1) is 16.0. The predicted octanol–water partition coefficient (Wildman–Crippen LogP) is 3.32. The average Bonchev–Trinajstić information content (AvgIpc) is 2.90. The Morgan fingerprint density at radius 2 is 1.62 bits per heavy atom. The fraction of sp³-hybridized carbons (Fsp3) is 0.143. The Morgan fingerprint density at radius 1 is 1.00 bits per heavy atom. The summed E-state index contributed by atoms with van der Waals surface area (Å²) in [5, 5.41) is 6.06. The molecule has 0 aliphatic carbocycles. The van der Waals surface area contributed by atoms with Crippen molar-refractivity contribution in [1.29, 1.82) is 0 Å². The fourth-order valence-electron chi connectivity index (χ4n) is 1.58. The van der Waals surface area contributed by atoms with Crippen molar-refractivity contribution in [3.8, 4) is 0 Å². The van der Waals surface area contributed by atoms with Crippen LogP contribution in [-0.2, 0) is 0 Å². The number of hydrogen-bond donors (Lipinski definition) is 2. The molecule has 1 aromatic carbocycles. The van der Waals surface area contributed by atoms with Crippen LogP contribution in [0.2, 0.25) is 5.02 Å². The molecule has 110 valence electrons. The molecule has 1 heterocycles. The van der Waals surface area contributed by atoms with E-state index >= 15 is 0 Å². The molecule has 0 aliphatic heterocycles. The Balaban J connectivity index is 1.73. The zero-order valence-electron chi connectivity index (χ0n) is 10.9. The van der Waals surface area contributed by atoms with Gasteiger partial charge in [0.2, 0.25) is 0 Å². The normalized spacial score (nSPS) is 10.2. The van der Waals surface area contributed by atoms with Gasteiger partial charge in [0.05, 0.1) is 8.66 Å². The minimum absolute atomic E-state index is 0.147. The van der Waals surface area contributed by atoms with Crippen LogP contribution < -0.4 is 10.6 Å². The number of benzene rings is 1. The molecule has 0 fully saturated rings. The monoisotopic (exact) mass is 386 g/mol. The number of rotatable bonds is 5. The first-order chi connectivity index (χ1) is 10.1. The van der Waals surface area contributed by atoms with Gasteiger partial charge in [-0.3, -0.25) is 9.59 Å². The molecule has 0 unspecified atom stereocenters. The summed E-state index contributed by atoms with van der Waals surface area (Å²) in [5.74, 6) is -0.341. The van der Waals surface area contributed by atoms with Gasteiger partial charge in [0.1, 0.15) is 0 Å². The number of amides is 2. The predicted molar refractivity (Wildman–Crippen MR) is 88.1 cm³/mol. The second kappa shape index (κ2) is 7.59. The zero-order valence-corrected chi connectivity index (χ0v) is 14.0. The van der Waals surface area contributed by atoms with Gasteiger partial charge < -0.3 is 10.6 Å². The highest BCUT2D eigenvalue weighted by Crippen LogP contribution is 2.21. The Kier molecular flexibility index (Phi) is 5.78. The molecule has 2 amide bonds. The van der Waals surface area contributed by atoms with Crippen LogP contribution in [0.4, 0.5) is 0 Å². The largest absolute Gasteiger partial charge is 0.350 e. The van der Waals surface area contributed by atoms with Crippen LogP contribution in [-0.4, -0.2) is 24.9 Å². The summed E-state index contributed by atoms with van der Waals surface area (Å²) in [7, 11) is 0. The molecule has 0 radical (unpaired) electrons. The molecule has 0 saturated carbocycles. The van der Waals surface area contributed by atoms with E-state index in [9.17, 15) is 9.59 Å². The lowest BCUT2D eigenvalue weighted by molar-refractivity contribution is 0.0929. The summed E-state index contributed by atoms with van der Waals surface area (Å²) in [6, 6.07) is 10.2. The van der Waals surface area contributed by atoms with Gasteiger partial charge in [0.25, 0.3) is 11.8 Å². The van der Waals surface area contributed by atoms with Crippen molar-refractivity contribution in [3.63, 3.8) is 0 Å². The zero-order chi connectivity index (χ0) is 15.2. The molecule has 1 aromatic heterocycles. The van der Waals surface area contributed by atoms with E-state index < -0.39 is 0 Å². The van der Waals surface area contributed by atoms with Crippen molar-refractivity contribution >= 4 is 50.7 Å². The summed E-state index contributed by atoms with van der Waals surface area (Å²) < 4.78 is 0.906. The summed E-state index contributed by atoms with van der Waals surface area (Å²) in [6.45, 7) is 0.730. The van der Waals surface area contributed by atoms with Crippen LogP contribution in [0.15, 0.2) is 40.2 Å². The van der Waals surface area contributed by atoms with Crippen molar-refractivity contribution in [2.24, 2.45) is 0 Å². The van der Waals surface area contributed by atoms with E-state index in [4.69, 9.17) is 11.6 Å². The Labute approximate surface area is 139 Å². The fourth-order valence-corrected chi connectivity index (χ4v) is 3.01. The Hall–Kier alpha value is -1.37. The summed E-state index contributed by atoms with van der Waals surface area (Å²) in [6.07, 6.45) is 0. The Bertz CT molecular complexity index is 643. The van der Waals surface area contributed by atoms with Gasteiger partial charge in [-0.15, -0.1) is 11.3 Å². The number of halogens is 2. The molecular weight excluding hydrogens is 376 g/mol. The summed E-state index contributed by atoms with van der Waals surface area (Å²) >= 11 is 10.4. The number of thiophene rings is 1. The van der Waals surface area contributed by atoms with Crippen LogP contribution >= 0.6 is 38.9 Å². The Morgan fingerprint density at radius 3 is 2.19 bits per heavy atom. The molecule has 7 heteroatoms. The number of carbonyl (C=O) groups excluding carboxylic acids is 2. The standard InChI is InChI=1S/C14H12BrClN2O2S/c15-12-6-5-11(21-12)14(20)18-8-7-17-13(19)9-1-3-10(16)4-2-9/h1-6H,7-8H2,(H,17,19)(H,18,20). The number of hydrogen-bond acceptors (Lipinski definition) is 3. The van der Waals surface area contributed by atoms with Gasteiger partial charge >= 0.3 is 0 Å². The molecule has 0 bridgehead atoms. The van der Waals surface area contributed by atoms with Gasteiger partial charge in [-0.05, 0) is 52.3 Å². The molecule has 0 saturated heterocycles. The summed E-state index contributed by atoms with van der Waals surface area (Å²) in [4.78, 5) is 24.2.